The van der Waals surface area contributed by atoms with Crippen molar-refractivity contribution in [3.05, 3.63) is 17.0 Å². The van der Waals surface area contributed by atoms with Gasteiger partial charge in [0.1, 0.15) is 0 Å². The van der Waals surface area contributed by atoms with Crippen LogP contribution in [-0.2, 0) is 17.8 Å². The number of fused-ring (bicyclic) bond motifs is 5. The van der Waals surface area contributed by atoms with Crippen molar-refractivity contribution in [1.29, 1.82) is 0 Å². The van der Waals surface area contributed by atoms with Crippen molar-refractivity contribution in [1.82, 2.24) is 19.6 Å². The van der Waals surface area contributed by atoms with Crippen LogP contribution < -0.4 is 0 Å². The summed E-state index contributed by atoms with van der Waals surface area (Å²) in [4.78, 5) is 17.5. The van der Waals surface area contributed by atoms with Crippen LogP contribution in [0.4, 0.5) is 4.79 Å². The predicted molar refractivity (Wildman–Crippen MR) is 77.3 cm³/mol. The molecule has 4 aliphatic heterocycles. The van der Waals surface area contributed by atoms with E-state index in [-0.39, 0.29) is 6.03 Å². The van der Waals surface area contributed by atoms with E-state index in [9.17, 15) is 4.79 Å². The molecule has 0 radical (unpaired) electrons. The number of aromatic nitrogens is 2. The summed E-state index contributed by atoms with van der Waals surface area (Å²) < 4.78 is 7.15. The average Bonchev–Trinajstić information content (AvgIpc) is 2.69. The summed E-state index contributed by atoms with van der Waals surface area (Å²) >= 11 is 0. The molecule has 6 nitrogen and oxygen atoms in total. The third-order valence-electron chi connectivity index (χ3n) is 5.10. The summed E-state index contributed by atoms with van der Waals surface area (Å²) in [5, 5.41) is 4.51. The van der Waals surface area contributed by atoms with E-state index in [2.05, 4.69) is 14.9 Å². The Morgan fingerprint density at radius 3 is 2.86 bits per heavy atom. The van der Waals surface area contributed by atoms with E-state index in [4.69, 9.17) is 4.74 Å². The molecule has 0 aromatic carbocycles. The molecule has 1 aromatic heterocycles. The van der Waals surface area contributed by atoms with Crippen molar-refractivity contribution in [3.8, 4) is 0 Å². The Hall–Kier alpha value is -1.40. The van der Waals surface area contributed by atoms with Gasteiger partial charge in [0.15, 0.2) is 0 Å². The molecule has 4 aliphatic rings. The first-order valence-corrected chi connectivity index (χ1v) is 7.92. The zero-order chi connectivity index (χ0) is 14.4. The molecule has 0 aliphatic carbocycles. The number of carbonyl (C=O) groups is 1. The van der Waals surface area contributed by atoms with Crippen LogP contribution in [0.5, 0.6) is 0 Å². The van der Waals surface area contributed by atoms with E-state index >= 15 is 0 Å². The second kappa shape index (κ2) is 5.10. The van der Waals surface area contributed by atoms with Crippen LogP contribution in [0.25, 0.3) is 0 Å². The third-order valence-corrected chi connectivity index (χ3v) is 5.10. The highest BCUT2D eigenvalue weighted by molar-refractivity contribution is 5.77. The van der Waals surface area contributed by atoms with Crippen molar-refractivity contribution < 1.29 is 9.53 Å². The second-order valence-corrected chi connectivity index (χ2v) is 6.27. The smallest absolute Gasteiger partial charge is 0.345 e. The van der Waals surface area contributed by atoms with Gasteiger partial charge in [0.2, 0.25) is 0 Å². The molecule has 3 fully saturated rings. The van der Waals surface area contributed by atoms with Gasteiger partial charge in [-0.05, 0) is 19.8 Å². The van der Waals surface area contributed by atoms with Gasteiger partial charge in [-0.15, -0.1) is 0 Å². The molecule has 1 aromatic rings. The van der Waals surface area contributed by atoms with Gasteiger partial charge in [-0.3, -0.25) is 0 Å². The molecule has 0 unspecified atom stereocenters. The van der Waals surface area contributed by atoms with Crippen molar-refractivity contribution in [2.75, 3.05) is 32.8 Å². The van der Waals surface area contributed by atoms with Crippen molar-refractivity contribution in [3.63, 3.8) is 0 Å². The Kier molecular flexibility index (Phi) is 3.23. The molecule has 114 valence electrons. The fourth-order valence-electron chi connectivity index (χ4n) is 3.81. The lowest BCUT2D eigenvalue weighted by Crippen LogP contribution is -2.44. The largest absolute Gasteiger partial charge is 0.376 e. The number of piperidine rings is 1. The minimum absolute atomic E-state index is 0.0648. The van der Waals surface area contributed by atoms with Crippen molar-refractivity contribution in [2.45, 2.75) is 38.8 Å². The van der Waals surface area contributed by atoms with Gasteiger partial charge in [0.25, 0.3) is 0 Å². The number of nitrogens with zero attached hydrogens (tertiary/aromatic N) is 4. The van der Waals surface area contributed by atoms with Crippen LogP contribution in [0.1, 0.15) is 29.8 Å². The minimum Gasteiger partial charge on any atom is -0.376 e. The van der Waals surface area contributed by atoms with Crippen LogP contribution in [-0.4, -0.2) is 64.4 Å². The summed E-state index contributed by atoms with van der Waals surface area (Å²) in [5.41, 5.74) is 3.10. The highest BCUT2D eigenvalue weighted by Gasteiger charge is 2.34. The van der Waals surface area contributed by atoms with Crippen molar-refractivity contribution >= 4 is 6.03 Å². The molecule has 2 bridgehead atoms. The Bertz CT molecular complexity index is 560. The van der Waals surface area contributed by atoms with Crippen LogP contribution in [0.2, 0.25) is 0 Å². The SMILES string of the molecule is Cc1nn(C(=O)N2CCN3CCC2CC3)c2c1COCC2. The maximum absolute atomic E-state index is 13.0. The lowest BCUT2D eigenvalue weighted by Gasteiger charge is -2.31. The molecule has 0 atom stereocenters. The van der Waals surface area contributed by atoms with Gasteiger partial charge < -0.3 is 14.5 Å². The van der Waals surface area contributed by atoms with Crippen LogP contribution >= 0.6 is 0 Å². The van der Waals surface area contributed by atoms with Crippen LogP contribution in [0.3, 0.4) is 0 Å². The van der Waals surface area contributed by atoms with Crippen LogP contribution in [0, 0.1) is 6.92 Å². The zero-order valence-electron chi connectivity index (χ0n) is 12.5. The fraction of sp³-hybridized carbons (Fsp3) is 0.733. The maximum Gasteiger partial charge on any atom is 0.345 e. The normalized spacial score (nSPS) is 28.3. The number of hydrogen-bond donors (Lipinski definition) is 0. The highest BCUT2D eigenvalue weighted by Crippen LogP contribution is 2.24. The van der Waals surface area contributed by atoms with Gasteiger partial charge in [-0.1, -0.05) is 0 Å². The standard InChI is InChI=1S/C15H22N4O2/c1-11-13-10-21-9-4-14(13)19(16-11)15(20)18-8-7-17-5-2-12(18)3-6-17/h12H,2-10H2,1H3. The van der Waals surface area contributed by atoms with Crippen molar-refractivity contribution in [2.24, 2.45) is 0 Å². The molecule has 0 N–H and O–H groups in total. The van der Waals surface area contributed by atoms with E-state index in [0.717, 1.165) is 62.4 Å². The van der Waals surface area contributed by atoms with Gasteiger partial charge in [-0.25, -0.2) is 4.79 Å². The molecule has 0 spiro atoms. The first kappa shape index (κ1) is 13.3. The van der Waals surface area contributed by atoms with Crippen LogP contribution in [0.15, 0.2) is 0 Å². The van der Waals surface area contributed by atoms with Gasteiger partial charge >= 0.3 is 6.03 Å². The summed E-state index contributed by atoms with van der Waals surface area (Å²) in [6.07, 6.45) is 2.97. The number of aryl methyl sites for hydroxylation is 1. The van der Waals surface area contributed by atoms with E-state index in [1.54, 1.807) is 4.68 Å². The molecule has 5 rings (SSSR count). The first-order valence-electron chi connectivity index (χ1n) is 7.92. The number of amides is 1. The van der Waals surface area contributed by atoms with Gasteiger partial charge in [-0.2, -0.15) is 9.78 Å². The molecule has 3 saturated heterocycles. The summed E-state index contributed by atoms with van der Waals surface area (Å²) in [6, 6.07) is 0.450. The number of hydrogen-bond acceptors (Lipinski definition) is 4. The number of rotatable bonds is 0. The highest BCUT2D eigenvalue weighted by atomic mass is 16.5. The lowest BCUT2D eigenvalue weighted by atomic mass is 10.1. The summed E-state index contributed by atoms with van der Waals surface area (Å²) in [7, 11) is 0. The Balaban J connectivity index is 1.65. The van der Waals surface area contributed by atoms with E-state index in [1.165, 1.54) is 0 Å². The number of carbonyl (C=O) groups excluding carboxylic acids is 1. The maximum atomic E-state index is 13.0. The quantitative estimate of drug-likeness (QED) is 0.715. The molecule has 0 saturated carbocycles. The summed E-state index contributed by atoms with van der Waals surface area (Å²) in [5.74, 6) is 0. The first-order chi connectivity index (χ1) is 10.2. The molecule has 21 heavy (non-hydrogen) atoms. The van der Waals surface area contributed by atoms with E-state index in [1.807, 2.05) is 6.92 Å². The van der Waals surface area contributed by atoms with Gasteiger partial charge in [0, 0.05) is 44.2 Å². The molecule has 1 amide bonds. The molecule has 6 heteroatoms. The molecule has 5 heterocycles. The zero-order valence-corrected chi connectivity index (χ0v) is 12.5. The van der Waals surface area contributed by atoms with E-state index < -0.39 is 0 Å². The topological polar surface area (TPSA) is 50.6 Å². The Labute approximate surface area is 124 Å². The molecular weight excluding hydrogens is 268 g/mol. The monoisotopic (exact) mass is 290 g/mol. The number of ether oxygens (including phenoxy) is 1. The summed E-state index contributed by atoms with van der Waals surface area (Å²) in [6.45, 7) is 7.31. The van der Waals surface area contributed by atoms with E-state index in [0.29, 0.717) is 19.3 Å². The van der Waals surface area contributed by atoms with Gasteiger partial charge in [0.05, 0.1) is 24.6 Å². The second-order valence-electron chi connectivity index (χ2n) is 6.27. The Morgan fingerprint density at radius 2 is 2.05 bits per heavy atom. The lowest BCUT2D eigenvalue weighted by molar-refractivity contribution is 0.108. The third kappa shape index (κ3) is 2.17. The molecular formula is C15H22N4O2. The minimum atomic E-state index is 0.0648. The Morgan fingerprint density at radius 1 is 1.24 bits per heavy atom. The average molecular weight is 290 g/mol. The predicted octanol–water partition coefficient (Wildman–Crippen LogP) is 1.01. The fourth-order valence-corrected chi connectivity index (χ4v) is 3.81.